The summed E-state index contributed by atoms with van der Waals surface area (Å²) in [5, 5.41) is 0. The third-order valence-electron chi connectivity index (χ3n) is 4.25. The number of aromatic nitrogens is 1. The van der Waals surface area contributed by atoms with E-state index in [1.807, 2.05) is 25.1 Å². The minimum Gasteiger partial charge on any atom is -0.497 e. The summed E-state index contributed by atoms with van der Waals surface area (Å²) < 4.78 is 19.4. The average Bonchev–Trinajstić information content (AvgIpc) is 3.06. The van der Waals surface area contributed by atoms with Crippen LogP contribution in [0.4, 0.5) is 0 Å². The van der Waals surface area contributed by atoms with Crippen molar-refractivity contribution in [1.29, 1.82) is 0 Å². The molecule has 0 spiro atoms. The molecule has 1 heterocycles. The van der Waals surface area contributed by atoms with E-state index in [-0.39, 0.29) is 5.91 Å². The molecule has 0 bridgehead atoms. The van der Waals surface area contributed by atoms with E-state index >= 15 is 0 Å². The molecule has 28 heavy (non-hydrogen) atoms. The second-order valence-corrected chi connectivity index (χ2v) is 7.06. The van der Waals surface area contributed by atoms with E-state index in [1.165, 1.54) is 18.4 Å². The van der Waals surface area contributed by atoms with Crippen molar-refractivity contribution in [2.45, 2.75) is 26.8 Å². The monoisotopic (exact) mass is 400 g/mol. The molecular weight excluding hydrogens is 376 g/mol. The van der Waals surface area contributed by atoms with Crippen molar-refractivity contribution in [2.75, 3.05) is 20.8 Å². The number of carbonyl (C=O) groups excluding carboxylic acids is 1. The van der Waals surface area contributed by atoms with Crippen LogP contribution in [0, 0.1) is 0 Å². The predicted octanol–water partition coefficient (Wildman–Crippen LogP) is 4.27. The van der Waals surface area contributed by atoms with E-state index in [4.69, 9.17) is 14.2 Å². The fraction of sp³-hybridized carbons (Fsp3) is 0.333. The molecule has 7 heteroatoms. The van der Waals surface area contributed by atoms with Crippen molar-refractivity contribution in [3.05, 3.63) is 46.8 Å². The van der Waals surface area contributed by atoms with Crippen LogP contribution in [0.1, 0.15) is 30.6 Å². The van der Waals surface area contributed by atoms with Gasteiger partial charge in [0.1, 0.15) is 22.8 Å². The second-order valence-electron chi connectivity index (χ2n) is 6.06. The molecule has 1 amide bonds. The zero-order valence-electron chi connectivity index (χ0n) is 16.5. The Hall–Kier alpha value is -2.80. The molecule has 0 saturated heterocycles. The van der Waals surface area contributed by atoms with Gasteiger partial charge >= 0.3 is 0 Å². The summed E-state index contributed by atoms with van der Waals surface area (Å²) in [7, 11) is 3.10. The number of amides is 1. The Balaban J connectivity index is 2.15. The van der Waals surface area contributed by atoms with Crippen molar-refractivity contribution < 1.29 is 19.0 Å². The van der Waals surface area contributed by atoms with E-state index < -0.39 is 0 Å². The van der Waals surface area contributed by atoms with Gasteiger partial charge in [-0.3, -0.25) is 4.79 Å². The number of hydrogen-bond donors (Lipinski definition) is 0. The number of methoxy groups -OCH3 is 2. The molecule has 2 aromatic carbocycles. The van der Waals surface area contributed by atoms with Crippen LogP contribution in [0.5, 0.6) is 17.2 Å². The molecule has 1 aromatic heterocycles. The number of aryl methyl sites for hydroxylation is 1. The summed E-state index contributed by atoms with van der Waals surface area (Å²) in [6.45, 7) is 5.38. The van der Waals surface area contributed by atoms with Gasteiger partial charge in [0.15, 0.2) is 4.80 Å². The maximum absolute atomic E-state index is 12.9. The highest BCUT2D eigenvalue weighted by atomic mass is 32.1. The van der Waals surface area contributed by atoms with Crippen molar-refractivity contribution in [3.63, 3.8) is 0 Å². The molecule has 0 fully saturated rings. The fourth-order valence-corrected chi connectivity index (χ4v) is 4.08. The number of para-hydroxylation sites is 1. The van der Waals surface area contributed by atoms with Gasteiger partial charge in [0.25, 0.3) is 5.91 Å². The molecule has 0 N–H and O–H groups in total. The number of rotatable bonds is 7. The zero-order chi connectivity index (χ0) is 20.1. The lowest BCUT2D eigenvalue weighted by Gasteiger charge is -2.09. The number of fused-ring (bicyclic) bond motifs is 1. The molecule has 3 aromatic rings. The van der Waals surface area contributed by atoms with Crippen LogP contribution in [0.25, 0.3) is 10.2 Å². The Labute approximate surface area is 168 Å². The Kier molecular flexibility index (Phi) is 6.36. The van der Waals surface area contributed by atoms with Crippen LogP contribution >= 0.6 is 11.3 Å². The average molecular weight is 401 g/mol. The standard InChI is InChI=1S/C21H24N2O4S/c1-5-12-23-19-16(27-6-2)8-7-9-18(19)28-21(23)22-20(24)15-11-10-14(25-3)13-17(15)26-4/h7-11,13H,5-6,12H2,1-4H3. The van der Waals surface area contributed by atoms with Gasteiger partial charge in [-0.25, -0.2) is 0 Å². The van der Waals surface area contributed by atoms with Crippen molar-refractivity contribution >= 4 is 27.5 Å². The Morgan fingerprint density at radius 2 is 1.93 bits per heavy atom. The number of benzene rings is 2. The summed E-state index contributed by atoms with van der Waals surface area (Å²) in [4.78, 5) is 18.0. The number of nitrogens with zero attached hydrogens (tertiary/aromatic N) is 2. The first kappa shape index (κ1) is 19.9. The number of ether oxygens (including phenoxy) is 3. The summed E-state index contributed by atoms with van der Waals surface area (Å²) in [6.07, 6.45) is 0.916. The van der Waals surface area contributed by atoms with E-state index in [0.717, 1.165) is 28.9 Å². The van der Waals surface area contributed by atoms with Gasteiger partial charge in [0, 0.05) is 12.6 Å². The maximum Gasteiger partial charge on any atom is 0.283 e. The molecule has 148 valence electrons. The number of thiazole rings is 1. The summed E-state index contributed by atoms with van der Waals surface area (Å²) >= 11 is 1.48. The Morgan fingerprint density at radius 1 is 1.11 bits per heavy atom. The minimum absolute atomic E-state index is 0.353. The second kappa shape index (κ2) is 8.93. The molecule has 3 rings (SSSR count). The van der Waals surface area contributed by atoms with Crippen molar-refractivity contribution in [2.24, 2.45) is 4.99 Å². The predicted molar refractivity (Wildman–Crippen MR) is 111 cm³/mol. The smallest absolute Gasteiger partial charge is 0.283 e. The van der Waals surface area contributed by atoms with Gasteiger partial charge in [0.2, 0.25) is 0 Å². The van der Waals surface area contributed by atoms with Crippen molar-refractivity contribution in [1.82, 2.24) is 4.57 Å². The van der Waals surface area contributed by atoms with Gasteiger partial charge in [-0.2, -0.15) is 4.99 Å². The molecular formula is C21H24N2O4S. The minimum atomic E-state index is -0.353. The van der Waals surface area contributed by atoms with Crippen LogP contribution in [0.2, 0.25) is 0 Å². The summed E-state index contributed by atoms with van der Waals surface area (Å²) in [6, 6.07) is 11.0. The molecule has 0 aliphatic rings. The van der Waals surface area contributed by atoms with Crippen LogP contribution in [0.15, 0.2) is 41.4 Å². The quantitative estimate of drug-likeness (QED) is 0.594. The summed E-state index contributed by atoms with van der Waals surface area (Å²) in [5.41, 5.74) is 1.37. The third-order valence-corrected chi connectivity index (χ3v) is 5.29. The van der Waals surface area contributed by atoms with Crippen molar-refractivity contribution in [3.8, 4) is 17.2 Å². The van der Waals surface area contributed by atoms with Gasteiger partial charge < -0.3 is 18.8 Å². The van der Waals surface area contributed by atoms with Gasteiger partial charge in [-0.1, -0.05) is 24.3 Å². The molecule has 0 radical (unpaired) electrons. The third kappa shape index (κ3) is 3.89. The largest absolute Gasteiger partial charge is 0.497 e. The molecule has 0 aliphatic carbocycles. The highest BCUT2D eigenvalue weighted by molar-refractivity contribution is 7.16. The van der Waals surface area contributed by atoms with E-state index in [0.29, 0.717) is 28.5 Å². The van der Waals surface area contributed by atoms with Crippen LogP contribution in [-0.2, 0) is 6.54 Å². The lowest BCUT2D eigenvalue weighted by atomic mass is 10.2. The Morgan fingerprint density at radius 3 is 2.61 bits per heavy atom. The van der Waals surface area contributed by atoms with Crippen LogP contribution < -0.4 is 19.0 Å². The fourth-order valence-electron chi connectivity index (χ4n) is 3.01. The normalized spacial score (nSPS) is 11.6. The van der Waals surface area contributed by atoms with E-state index in [1.54, 1.807) is 25.3 Å². The highest BCUT2D eigenvalue weighted by Gasteiger charge is 2.15. The first-order valence-electron chi connectivity index (χ1n) is 9.19. The first-order chi connectivity index (χ1) is 13.6. The van der Waals surface area contributed by atoms with Gasteiger partial charge in [-0.05, 0) is 37.6 Å². The lowest BCUT2D eigenvalue weighted by Crippen LogP contribution is -2.17. The number of hydrogen-bond acceptors (Lipinski definition) is 5. The lowest BCUT2D eigenvalue weighted by molar-refractivity contribution is 0.0995. The van der Waals surface area contributed by atoms with Crippen LogP contribution in [0.3, 0.4) is 0 Å². The zero-order valence-corrected chi connectivity index (χ0v) is 17.3. The van der Waals surface area contributed by atoms with E-state index in [2.05, 4.69) is 16.5 Å². The molecule has 6 nitrogen and oxygen atoms in total. The molecule has 0 aliphatic heterocycles. The van der Waals surface area contributed by atoms with Gasteiger partial charge in [-0.15, -0.1) is 0 Å². The molecule has 0 saturated carbocycles. The highest BCUT2D eigenvalue weighted by Crippen LogP contribution is 2.28. The first-order valence-corrected chi connectivity index (χ1v) is 10.0. The Bertz CT molecular complexity index is 1050. The van der Waals surface area contributed by atoms with E-state index in [9.17, 15) is 4.79 Å². The van der Waals surface area contributed by atoms with Crippen LogP contribution in [-0.4, -0.2) is 31.3 Å². The maximum atomic E-state index is 12.9. The molecule has 0 atom stereocenters. The SMILES string of the molecule is CCCn1c(=NC(=O)c2ccc(OC)cc2OC)sc2cccc(OCC)c21. The summed E-state index contributed by atoms with van der Waals surface area (Å²) in [5.74, 6) is 1.51. The number of carbonyl (C=O) groups is 1. The van der Waals surface area contributed by atoms with Gasteiger partial charge in [0.05, 0.1) is 31.1 Å². The topological polar surface area (TPSA) is 62.1 Å². The molecule has 0 unspecified atom stereocenters.